The average molecular weight is 260 g/mol. The zero-order chi connectivity index (χ0) is 13.4. The minimum Gasteiger partial charge on any atom is -0.255 e. The second-order valence-electron chi connectivity index (χ2n) is 4.33. The van der Waals surface area contributed by atoms with Crippen LogP contribution in [0.4, 0.5) is 0 Å². The normalized spacial score (nSPS) is 11.6. The van der Waals surface area contributed by atoms with Crippen LogP contribution in [0.2, 0.25) is 0 Å². The monoisotopic (exact) mass is 260 g/mol. The Kier molecular flexibility index (Phi) is 6.37. The summed E-state index contributed by atoms with van der Waals surface area (Å²) in [5.74, 6) is 0.659. The maximum absolute atomic E-state index is 10.8. The maximum Gasteiger partial charge on any atom is 0.0498 e. The van der Waals surface area contributed by atoms with E-state index in [1.165, 1.54) is 5.56 Å². The molecule has 0 spiro atoms. The molecule has 0 aliphatic carbocycles. The average Bonchev–Trinajstić information content (AvgIpc) is 2.41. The van der Waals surface area contributed by atoms with E-state index in [0.29, 0.717) is 5.92 Å². The van der Waals surface area contributed by atoms with Gasteiger partial charge in [0, 0.05) is 22.0 Å². The number of hydrogen-bond acceptors (Lipinski definition) is 1. The van der Waals surface area contributed by atoms with Crippen LogP contribution in [0, 0.1) is 0 Å². The standard InChI is InChI=1S/C9H12.C7H8OS/c1-8(2)9-6-4-3-5-7-9;1-9(8)7-5-3-2-4-6-7/h3-8H,1-2H3;2-6H,1H3. The predicted octanol–water partition coefficient (Wildman–Crippen LogP) is 4.23. The van der Waals surface area contributed by atoms with E-state index >= 15 is 0 Å². The van der Waals surface area contributed by atoms with E-state index in [-0.39, 0.29) is 0 Å². The number of rotatable bonds is 2. The summed E-state index contributed by atoms with van der Waals surface area (Å²) >= 11 is 0. The summed E-state index contributed by atoms with van der Waals surface area (Å²) in [6.45, 7) is 4.41. The Morgan fingerprint density at radius 1 is 0.833 bits per heavy atom. The maximum atomic E-state index is 10.8. The van der Waals surface area contributed by atoms with Crippen LogP contribution >= 0.6 is 0 Å². The third kappa shape index (κ3) is 5.28. The van der Waals surface area contributed by atoms with Crippen molar-refractivity contribution in [3.05, 3.63) is 66.2 Å². The molecule has 1 unspecified atom stereocenters. The van der Waals surface area contributed by atoms with Crippen LogP contribution in [0.3, 0.4) is 0 Å². The first-order valence-electron chi connectivity index (χ1n) is 6.04. The molecule has 0 amide bonds. The van der Waals surface area contributed by atoms with Crippen LogP contribution < -0.4 is 0 Å². The molecule has 0 N–H and O–H groups in total. The van der Waals surface area contributed by atoms with Crippen LogP contribution in [-0.4, -0.2) is 10.5 Å². The highest BCUT2D eigenvalue weighted by molar-refractivity contribution is 7.84. The van der Waals surface area contributed by atoms with Gasteiger partial charge in [0.25, 0.3) is 0 Å². The summed E-state index contributed by atoms with van der Waals surface area (Å²) in [5.41, 5.74) is 1.41. The van der Waals surface area contributed by atoms with Gasteiger partial charge in [0.1, 0.15) is 0 Å². The molecule has 0 bridgehead atoms. The molecule has 2 aromatic rings. The van der Waals surface area contributed by atoms with Gasteiger partial charge < -0.3 is 0 Å². The molecule has 96 valence electrons. The smallest absolute Gasteiger partial charge is 0.0498 e. The molecular weight excluding hydrogens is 240 g/mol. The van der Waals surface area contributed by atoms with E-state index in [1.807, 2.05) is 36.4 Å². The summed E-state index contributed by atoms with van der Waals surface area (Å²) in [4.78, 5) is 0.887. The Labute approximate surface area is 112 Å². The molecule has 0 fully saturated rings. The van der Waals surface area contributed by atoms with Crippen molar-refractivity contribution in [2.24, 2.45) is 0 Å². The highest BCUT2D eigenvalue weighted by Crippen LogP contribution is 2.11. The Hall–Kier alpha value is -1.41. The zero-order valence-corrected chi connectivity index (χ0v) is 12.0. The highest BCUT2D eigenvalue weighted by Gasteiger charge is 1.93. The van der Waals surface area contributed by atoms with Gasteiger partial charge in [-0.3, -0.25) is 4.21 Å². The number of benzene rings is 2. The van der Waals surface area contributed by atoms with Gasteiger partial charge in [0.2, 0.25) is 0 Å². The highest BCUT2D eigenvalue weighted by atomic mass is 32.2. The van der Waals surface area contributed by atoms with Crippen molar-refractivity contribution in [2.45, 2.75) is 24.7 Å². The predicted molar refractivity (Wildman–Crippen MR) is 79.3 cm³/mol. The Morgan fingerprint density at radius 3 is 1.56 bits per heavy atom. The lowest BCUT2D eigenvalue weighted by Gasteiger charge is -2.01. The summed E-state index contributed by atoms with van der Waals surface area (Å²) in [6, 6.07) is 19.9. The molecule has 0 aliphatic heterocycles. The fraction of sp³-hybridized carbons (Fsp3) is 0.250. The van der Waals surface area contributed by atoms with E-state index in [0.717, 1.165) is 4.90 Å². The molecule has 1 nitrogen and oxygen atoms in total. The molecule has 0 aliphatic rings. The fourth-order valence-electron chi connectivity index (χ4n) is 1.45. The molecule has 0 radical (unpaired) electrons. The lowest BCUT2D eigenvalue weighted by molar-refractivity contribution is 0.687. The first-order chi connectivity index (χ1) is 8.61. The third-order valence-electron chi connectivity index (χ3n) is 2.54. The minimum atomic E-state index is -0.829. The lowest BCUT2D eigenvalue weighted by atomic mass is 10.0. The molecule has 0 saturated carbocycles. The van der Waals surface area contributed by atoms with Gasteiger partial charge in [0.15, 0.2) is 0 Å². The largest absolute Gasteiger partial charge is 0.255 e. The van der Waals surface area contributed by atoms with Crippen LogP contribution in [0.15, 0.2) is 65.6 Å². The van der Waals surface area contributed by atoms with Crippen molar-refractivity contribution in [3.63, 3.8) is 0 Å². The number of hydrogen-bond donors (Lipinski definition) is 0. The molecule has 2 rings (SSSR count). The van der Waals surface area contributed by atoms with Crippen LogP contribution in [0.25, 0.3) is 0 Å². The Morgan fingerprint density at radius 2 is 1.28 bits per heavy atom. The van der Waals surface area contributed by atoms with Crippen molar-refractivity contribution < 1.29 is 4.21 Å². The Bertz CT molecular complexity index is 463. The van der Waals surface area contributed by atoms with E-state index in [2.05, 4.69) is 38.1 Å². The summed E-state index contributed by atoms with van der Waals surface area (Å²) < 4.78 is 10.8. The van der Waals surface area contributed by atoms with Crippen LogP contribution in [-0.2, 0) is 10.8 Å². The van der Waals surface area contributed by atoms with E-state index in [1.54, 1.807) is 6.26 Å². The van der Waals surface area contributed by atoms with Crippen molar-refractivity contribution in [2.75, 3.05) is 6.26 Å². The van der Waals surface area contributed by atoms with Gasteiger partial charge in [-0.05, 0) is 23.6 Å². The van der Waals surface area contributed by atoms with Gasteiger partial charge in [-0.2, -0.15) is 0 Å². The SMILES string of the molecule is CC(C)c1ccccc1.CS(=O)c1ccccc1. The van der Waals surface area contributed by atoms with Gasteiger partial charge in [-0.15, -0.1) is 0 Å². The fourth-order valence-corrected chi connectivity index (χ4v) is 1.99. The Balaban J connectivity index is 0.000000180. The molecule has 0 heterocycles. The minimum absolute atomic E-state index is 0.659. The summed E-state index contributed by atoms with van der Waals surface area (Å²) in [7, 11) is -0.829. The molecule has 0 aromatic heterocycles. The summed E-state index contributed by atoms with van der Waals surface area (Å²) in [6.07, 6.45) is 1.68. The van der Waals surface area contributed by atoms with Crippen molar-refractivity contribution >= 4 is 10.8 Å². The molecule has 2 heteroatoms. The second-order valence-corrected chi connectivity index (χ2v) is 5.71. The molecular formula is C16H20OS. The second kappa shape index (κ2) is 7.83. The first-order valence-corrected chi connectivity index (χ1v) is 7.60. The van der Waals surface area contributed by atoms with Crippen LogP contribution in [0.5, 0.6) is 0 Å². The molecule has 0 saturated heterocycles. The zero-order valence-electron chi connectivity index (χ0n) is 11.2. The van der Waals surface area contributed by atoms with Crippen molar-refractivity contribution in [1.82, 2.24) is 0 Å². The van der Waals surface area contributed by atoms with E-state index in [9.17, 15) is 4.21 Å². The molecule has 18 heavy (non-hydrogen) atoms. The van der Waals surface area contributed by atoms with Crippen molar-refractivity contribution in [3.8, 4) is 0 Å². The third-order valence-corrected chi connectivity index (χ3v) is 3.48. The molecule has 2 aromatic carbocycles. The van der Waals surface area contributed by atoms with E-state index in [4.69, 9.17) is 0 Å². The topological polar surface area (TPSA) is 17.1 Å². The van der Waals surface area contributed by atoms with Crippen molar-refractivity contribution in [1.29, 1.82) is 0 Å². The summed E-state index contributed by atoms with van der Waals surface area (Å²) in [5, 5.41) is 0. The lowest BCUT2D eigenvalue weighted by Crippen LogP contribution is -1.83. The first kappa shape index (κ1) is 14.7. The van der Waals surface area contributed by atoms with Gasteiger partial charge in [-0.1, -0.05) is 62.4 Å². The quantitative estimate of drug-likeness (QED) is 0.789. The van der Waals surface area contributed by atoms with Gasteiger partial charge in [-0.25, -0.2) is 0 Å². The molecule has 1 atom stereocenters. The van der Waals surface area contributed by atoms with Crippen LogP contribution in [0.1, 0.15) is 25.3 Å². The van der Waals surface area contributed by atoms with Gasteiger partial charge >= 0.3 is 0 Å². The van der Waals surface area contributed by atoms with E-state index < -0.39 is 10.8 Å². The van der Waals surface area contributed by atoms with Gasteiger partial charge in [0.05, 0.1) is 0 Å².